The highest BCUT2D eigenvalue weighted by atomic mass is 35.5. The zero-order valence-electron chi connectivity index (χ0n) is 22.6. The first-order valence-electron chi connectivity index (χ1n) is 13.7. The maximum atomic E-state index is 12.9. The van der Waals surface area contributed by atoms with Crippen LogP contribution in [-0.2, 0) is 30.4 Å². The smallest absolute Gasteiger partial charge is 0.279 e. The molecule has 0 aromatic heterocycles. The number of ether oxygens (including phenoxy) is 1. The Morgan fingerprint density at radius 3 is 1.37 bits per heavy atom. The van der Waals surface area contributed by atoms with Crippen molar-refractivity contribution in [3.63, 3.8) is 0 Å². The van der Waals surface area contributed by atoms with E-state index in [1.165, 1.54) is 0 Å². The van der Waals surface area contributed by atoms with Gasteiger partial charge in [0.05, 0.1) is 6.10 Å². The van der Waals surface area contributed by atoms with Crippen LogP contribution in [0.5, 0.6) is 0 Å². The fraction of sp³-hybridized carbons (Fsp3) is 0.294. The standard InChI is InChI=1S/C34H35ClO6/c35-34(40)33(39,24-28-19-11-4-12-20-28)32(38,23-27-17-9-3-10-18-27)31(37,22-26-15-7-2-8-16-26)30(41-34)29(36)21-25-13-5-1-6-14-25/h1-20,29-30,36-40H,21-24H2/t29?,30-,31-,32+,33-,34-/m1/s1. The highest BCUT2D eigenvalue weighted by Crippen LogP contribution is 2.55. The van der Waals surface area contributed by atoms with Crippen LogP contribution in [0.1, 0.15) is 22.3 Å². The molecule has 0 spiro atoms. The van der Waals surface area contributed by atoms with Crippen molar-refractivity contribution in [1.82, 2.24) is 0 Å². The van der Waals surface area contributed by atoms with Gasteiger partial charge in [-0.05, 0) is 22.3 Å². The van der Waals surface area contributed by atoms with Crippen molar-refractivity contribution in [3.05, 3.63) is 144 Å². The Labute approximate surface area is 245 Å². The average molecular weight is 575 g/mol. The lowest BCUT2D eigenvalue weighted by atomic mass is 9.58. The van der Waals surface area contributed by atoms with Crippen LogP contribution in [0.15, 0.2) is 121 Å². The van der Waals surface area contributed by atoms with Gasteiger partial charge in [0, 0.05) is 25.7 Å². The van der Waals surface area contributed by atoms with Crippen molar-refractivity contribution >= 4 is 11.6 Å². The minimum absolute atomic E-state index is 0.0358. The third-order valence-electron chi connectivity index (χ3n) is 8.22. The molecule has 4 aromatic rings. The van der Waals surface area contributed by atoms with Gasteiger partial charge in [0.15, 0.2) is 5.60 Å². The van der Waals surface area contributed by atoms with Crippen LogP contribution >= 0.6 is 11.6 Å². The summed E-state index contributed by atoms with van der Waals surface area (Å²) in [5, 5.41) is 58.5. The summed E-state index contributed by atoms with van der Waals surface area (Å²) in [7, 11) is 0. The number of aliphatic hydroxyl groups is 5. The fourth-order valence-electron chi connectivity index (χ4n) is 6.06. The molecule has 214 valence electrons. The van der Waals surface area contributed by atoms with E-state index < -0.39 is 34.3 Å². The highest BCUT2D eigenvalue weighted by Gasteiger charge is 2.77. The quantitative estimate of drug-likeness (QED) is 0.195. The largest absolute Gasteiger partial charge is 0.390 e. The second-order valence-corrected chi connectivity index (χ2v) is 11.5. The first kappa shape index (κ1) is 29.4. The van der Waals surface area contributed by atoms with Crippen LogP contribution in [-0.4, -0.2) is 59.8 Å². The van der Waals surface area contributed by atoms with E-state index >= 15 is 0 Å². The van der Waals surface area contributed by atoms with Gasteiger partial charge in [0.2, 0.25) is 0 Å². The monoisotopic (exact) mass is 574 g/mol. The van der Waals surface area contributed by atoms with E-state index in [2.05, 4.69) is 0 Å². The van der Waals surface area contributed by atoms with E-state index in [1.54, 1.807) is 78.9 Å². The maximum Gasteiger partial charge on any atom is 0.279 e. The number of hydrogen-bond donors (Lipinski definition) is 5. The Kier molecular flexibility index (Phi) is 8.37. The summed E-state index contributed by atoms with van der Waals surface area (Å²) in [6.07, 6.45) is -3.84. The molecule has 1 fully saturated rings. The first-order valence-corrected chi connectivity index (χ1v) is 14.1. The minimum Gasteiger partial charge on any atom is -0.390 e. The predicted octanol–water partition coefficient (Wildman–Crippen LogP) is 3.80. The van der Waals surface area contributed by atoms with Gasteiger partial charge in [-0.1, -0.05) is 133 Å². The predicted molar refractivity (Wildman–Crippen MR) is 157 cm³/mol. The molecular formula is C34H35ClO6. The lowest BCUT2D eigenvalue weighted by Crippen LogP contribution is -2.85. The van der Waals surface area contributed by atoms with Gasteiger partial charge in [0.1, 0.15) is 17.3 Å². The summed E-state index contributed by atoms with van der Waals surface area (Å²) >= 11 is 6.65. The molecule has 0 radical (unpaired) electrons. The average Bonchev–Trinajstić information content (AvgIpc) is 2.97. The molecule has 0 bridgehead atoms. The molecule has 1 aliphatic rings. The molecule has 0 amide bonds. The molecule has 1 heterocycles. The van der Waals surface area contributed by atoms with Crippen LogP contribution in [0.3, 0.4) is 0 Å². The van der Waals surface area contributed by atoms with E-state index in [1.807, 2.05) is 42.5 Å². The Morgan fingerprint density at radius 1 is 0.561 bits per heavy atom. The van der Waals surface area contributed by atoms with E-state index in [4.69, 9.17) is 16.3 Å². The van der Waals surface area contributed by atoms with Gasteiger partial charge < -0.3 is 30.3 Å². The van der Waals surface area contributed by atoms with Gasteiger partial charge in [-0.3, -0.25) is 0 Å². The molecule has 5 rings (SSSR count). The summed E-state index contributed by atoms with van der Waals surface area (Å²) < 4.78 is 5.93. The van der Waals surface area contributed by atoms with Gasteiger partial charge in [-0.2, -0.15) is 0 Å². The molecule has 0 aliphatic carbocycles. The molecule has 0 saturated carbocycles. The van der Waals surface area contributed by atoms with Crippen LogP contribution in [0, 0.1) is 0 Å². The molecular weight excluding hydrogens is 540 g/mol. The molecule has 6 nitrogen and oxygen atoms in total. The lowest BCUT2D eigenvalue weighted by Gasteiger charge is -2.63. The van der Waals surface area contributed by atoms with Crippen molar-refractivity contribution in [3.8, 4) is 0 Å². The molecule has 41 heavy (non-hydrogen) atoms. The Bertz CT molecular complexity index is 1400. The molecule has 6 atom stereocenters. The summed E-state index contributed by atoms with van der Waals surface area (Å²) in [6.45, 7) is 0. The van der Waals surface area contributed by atoms with Gasteiger partial charge >= 0.3 is 0 Å². The Hall–Kier alpha value is -3.07. The van der Waals surface area contributed by atoms with Crippen molar-refractivity contribution < 1.29 is 30.3 Å². The Balaban J connectivity index is 1.69. The van der Waals surface area contributed by atoms with Crippen molar-refractivity contribution in [1.29, 1.82) is 0 Å². The second kappa shape index (κ2) is 11.7. The SMILES string of the molecule is OC(Cc1ccccc1)[C@H]1O[C@@](O)(Cl)[C@@](O)(Cc2ccccc2)[C@](O)(Cc2ccccc2)[C@@]1(O)Cc1ccccc1. The lowest BCUT2D eigenvalue weighted by molar-refractivity contribution is -0.418. The van der Waals surface area contributed by atoms with Gasteiger partial charge in [0.25, 0.3) is 5.25 Å². The molecule has 4 aromatic carbocycles. The molecule has 5 N–H and O–H groups in total. The fourth-order valence-corrected chi connectivity index (χ4v) is 6.38. The number of benzene rings is 4. The maximum absolute atomic E-state index is 12.9. The highest BCUT2D eigenvalue weighted by molar-refractivity contribution is 6.22. The minimum atomic E-state index is -2.89. The topological polar surface area (TPSA) is 110 Å². The number of halogens is 1. The third-order valence-corrected chi connectivity index (χ3v) is 8.63. The summed E-state index contributed by atoms with van der Waals surface area (Å²) in [4.78, 5) is 0. The van der Waals surface area contributed by atoms with Crippen LogP contribution in [0.4, 0.5) is 0 Å². The Morgan fingerprint density at radius 2 is 0.927 bits per heavy atom. The molecule has 1 unspecified atom stereocenters. The van der Waals surface area contributed by atoms with Gasteiger partial charge in [-0.15, -0.1) is 0 Å². The zero-order valence-corrected chi connectivity index (χ0v) is 23.3. The van der Waals surface area contributed by atoms with Crippen LogP contribution < -0.4 is 0 Å². The molecule has 1 aliphatic heterocycles. The van der Waals surface area contributed by atoms with E-state index in [-0.39, 0.29) is 25.7 Å². The van der Waals surface area contributed by atoms with E-state index in [0.717, 1.165) is 5.56 Å². The normalized spacial score (nSPS) is 30.5. The molecule has 1 saturated heterocycles. The second-order valence-electron chi connectivity index (χ2n) is 11.0. The molecule has 7 heteroatoms. The summed E-state index contributed by atoms with van der Waals surface area (Å²) in [5.41, 5.74) is -4.98. The van der Waals surface area contributed by atoms with Crippen LogP contribution in [0.25, 0.3) is 0 Å². The van der Waals surface area contributed by atoms with E-state index in [9.17, 15) is 25.5 Å². The van der Waals surface area contributed by atoms with Crippen molar-refractivity contribution in [2.45, 2.75) is 59.9 Å². The van der Waals surface area contributed by atoms with Crippen molar-refractivity contribution in [2.75, 3.05) is 0 Å². The number of rotatable bonds is 9. The number of alkyl halides is 1. The third kappa shape index (κ3) is 5.57. The number of hydrogen-bond acceptors (Lipinski definition) is 6. The number of aliphatic hydroxyl groups excluding tert-OH is 1. The summed E-state index contributed by atoms with van der Waals surface area (Å²) in [5.74, 6) is 0. The summed E-state index contributed by atoms with van der Waals surface area (Å²) in [6, 6.07) is 35.7. The first-order chi connectivity index (χ1) is 19.6. The van der Waals surface area contributed by atoms with Gasteiger partial charge in [-0.25, -0.2) is 0 Å². The zero-order chi connectivity index (χ0) is 29.1. The van der Waals surface area contributed by atoms with E-state index in [0.29, 0.717) is 16.7 Å². The van der Waals surface area contributed by atoms with Crippen LogP contribution in [0.2, 0.25) is 0 Å². The van der Waals surface area contributed by atoms with Crippen molar-refractivity contribution in [2.24, 2.45) is 0 Å².